The van der Waals surface area contributed by atoms with E-state index in [0.29, 0.717) is 18.1 Å². The van der Waals surface area contributed by atoms with E-state index in [-0.39, 0.29) is 11.6 Å². The van der Waals surface area contributed by atoms with Crippen LogP contribution in [0.1, 0.15) is 42.1 Å². The molecule has 2 aromatic rings. The third-order valence-corrected chi connectivity index (χ3v) is 3.94. The third-order valence-electron chi connectivity index (χ3n) is 3.94. The Morgan fingerprint density at radius 1 is 1.08 bits per heavy atom. The molecule has 5 heteroatoms. The average molecular weight is 327 g/mol. The molecule has 0 N–H and O–H groups in total. The molecule has 0 saturated carbocycles. The summed E-state index contributed by atoms with van der Waals surface area (Å²) in [6.07, 6.45) is 0.914. The summed E-state index contributed by atoms with van der Waals surface area (Å²) in [5.41, 5.74) is 1.55. The number of nitrogens with zero attached hydrogens (tertiary/aromatic N) is 1. The van der Waals surface area contributed by atoms with E-state index in [0.717, 1.165) is 6.42 Å². The van der Waals surface area contributed by atoms with Gasteiger partial charge in [-0.2, -0.15) is 0 Å². The van der Waals surface area contributed by atoms with Crippen molar-refractivity contribution in [3.63, 3.8) is 0 Å². The maximum atomic E-state index is 12.0. The number of esters is 1. The first kappa shape index (κ1) is 17.7. The summed E-state index contributed by atoms with van der Waals surface area (Å²) < 4.78 is 5.32. The molecular formula is C19H21NO4. The van der Waals surface area contributed by atoms with Crippen LogP contribution in [0.3, 0.4) is 0 Å². The number of rotatable bonds is 7. The second-order valence-corrected chi connectivity index (χ2v) is 6.06. The molecule has 24 heavy (non-hydrogen) atoms. The zero-order valence-corrected chi connectivity index (χ0v) is 13.8. The number of benzene rings is 2. The molecule has 2 atom stereocenters. The Hall–Kier alpha value is -2.69. The van der Waals surface area contributed by atoms with E-state index in [1.807, 2.05) is 25.1 Å². The molecule has 0 bridgehead atoms. The predicted octanol–water partition coefficient (Wildman–Crippen LogP) is 4.58. The van der Waals surface area contributed by atoms with E-state index in [4.69, 9.17) is 4.74 Å². The number of ether oxygens (including phenoxy) is 1. The van der Waals surface area contributed by atoms with E-state index in [1.165, 1.54) is 29.8 Å². The zero-order valence-electron chi connectivity index (χ0n) is 13.8. The van der Waals surface area contributed by atoms with E-state index < -0.39 is 10.9 Å². The van der Waals surface area contributed by atoms with Gasteiger partial charge in [0.05, 0.1) is 17.1 Å². The van der Waals surface area contributed by atoms with Crippen molar-refractivity contribution in [3.8, 4) is 0 Å². The maximum Gasteiger partial charge on any atom is 0.338 e. The van der Waals surface area contributed by atoms with Crippen LogP contribution in [-0.2, 0) is 4.74 Å². The van der Waals surface area contributed by atoms with Crippen molar-refractivity contribution in [2.75, 3.05) is 6.61 Å². The summed E-state index contributed by atoms with van der Waals surface area (Å²) in [7, 11) is 0. The van der Waals surface area contributed by atoms with Crippen LogP contribution in [0.15, 0.2) is 54.6 Å². The van der Waals surface area contributed by atoms with Crippen LogP contribution < -0.4 is 0 Å². The molecule has 0 saturated heterocycles. The van der Waals surface area contributed by atoms with Gasteiger partial charge in [0.15, 0.2) is 0 Å². The lowest BCUT2D eigenvalue weighted by molar-refractivity contribution is -0.384. The molecular weight excluding hydrogens is 306 g/mol. The van der Waals surface area contributed by atoms with Crippen molar-refractivity contribution < 1.29 is 14.5 Å². The summed E-state index contributed by atoms with van der Waals surface area (Å²) in [6.45, 7) is 4.53. The van der Waals surface area contributed by atoms with Gasteiger partial charge in [0.25, 0.3) is 5.69 Å². The number of non-ortho nitro benzene ring substituents is 1. The van der Waals surface area contributed by atoms with Crippen molar-refractivity contribution >= 4 is 11.7 Å². The Morgan fingerprint density at radius 2 is 1.71 bits per heavy atom. The number of nitro benzene ring substituents is 1. The quantitative estimate of drug-likeness (QED) is 0.424. The number of nitro groups is 1. The predicted molar refractivity (Wildman–Crippen MR) is 92.0 cm³/mol. The largest absolute Gasteiger partial charge is 0.462 e. The lowest BCUT2D eigenvalue weighted by Gasteiger charge is -2.17. The molecule has 126 valence electrons. The minimum Gasteiger partial charge on any atom is -0.462 e. The van der Waals surface area contributed by atoms with Gasteiger partial charge in [-0.05, 0) is 36.0 Å². The van der Waals surface area contributed by atoms with Crippen molar-refractivity contribution in [3.05, 3.63) is 75.8 Å². The van der Waals surface area contributed by atoms with Crippen LogP contribution in [0.5, 0.6) is 0 Å². The van der Waals surface area contributed by atoms with Crippen molar-refractivity contribution in [2.24, 2.45) is 5.92 Å². The lowest BCUT2D eigenvalue weighted by Crippen LogP contribution is -2.14. The molecule has 0 radical (unpaired) electrons. The molecule has 0 unspecified atom stereocenters. The standard InChI is InChI=1S/C19H21NO4/c1-14(12-15(2)16-6-4-3-5-7-16)13-24-19(21)17-8-10-18(11-9-17)20(22)23/h3-11,14-15H,12-13H2,1-2H3/t14-,15-/m1/s1. The second-order valence-electron chi connectivity index (χ2n) is 6.06. The average Bonchev–Trinajstić information content (AvgIpc) is 2.60. The summed E-state index contributed by atoms with van der Waals surface area (Å²) in [5, 5.41) is 10.6. The third kappa shape index (κ3) is 4.91. The van der Waals surface area contributed by atoms with Gasteiger partial charge in [-0.15, -0.1) is 0 Å². The molecule has 5 nitrogen and oxygen atoms in total. The molecule has 0 amide bonds. The van der Waals surface area contributed by atoms with Crippen LogP contribution in [0.2, 0.25) is 0 Å². The second kappa shape index (κ2) is 8.24. The number of hydrogen-bond donors (Lipinski definition) is 0. The number of carbonyl (C=O) groups is 1. The Balaban J connectivity index is 1.83. The minimum absolute atomic E-state index is 0.0448. The van der Waals surface area contributed by atoms with Crippen LogP contribution in [0.25, 0.3) is 0 Å². The molecule has 2 rings (SSSR count). The van der Waals surface area contributed by atoms with E-state index in [1.54, 1.807) is 0 Å². The number of carbonyl (C=O) groups excluding carboxylic acids is 1. The molecule has 0 heterocycles. The van der Waals surface area contributed by atoms with Gasteiger partial charge in [0.2, 0.25) is 0 Å². The first-order valence-electron chi connectivity index (χ1n) is 7.94. The highest BCUT2D eigenvalue weighted by Gasteiger charge is 2.15. The minimum atomic E-state index is -0.498. The normalized spacial score (nSPS) is 13.1. The van der Waals surface area contributed by atoms with Crippen LogP contribution in [0, 0.1) is 16.0 Å². The monoisotopic (exact) mass is 327 g/mol. The van der Waals surface area contributed by atoms with Crippen molar-refractivity contribution in [1.29, 1.82) is 0 Å². The van der Waals surface area contributed by atoms with Crippen LogP contribution >= 0.6 is 0 Å². The molecule has 0 aliphatic carbocycles. The maximum absolute atomic E-state index is 12.0. The van der Waals surface area contributed by atoms with Gasteiger partial charge >= 0.3 is 5.97 Å². The lowest BCUT2D eigenvalue weighted by atomic mass is 9.91. The summed E-state index contributed by atoms with van der Waals surface area (Å²) >= 11 is 0. The van der Waals surface area contributed by atoms with Crippen LogP contribution in [0.4, 0.5) is 5.69 Å². The highest BCUT2D eigenvalue weighted by molar-refractivity contribution is 5.89. The fourth-order valence-corrected chi connectivity index (χ4v) is 2.61. The molecule has 0 aromatic heterocycles. The van der Waals surface area contributed by atoms with Gasteiger partial charge < -0.3 is 4.74 Å². The highest BCUT2D eigenvalue weighted by atomic mass is 16.6. The van der Waals surface area contributed by atoms with E-state index >= 15 is 0 Å². The first-order valence-corrected chi connectivity index (χ1v) is 7.94. The van der Waals surface area contributed by atoms with Crippen molar-refractivity contribution in [2.45, 2.75) is 26.2 Å². The molecule has 0 spiro atoms. The van der Waals surface area contributed by atoms with Gasteiger partial charge in [0, 0.05) is 12.1 Å². The first-order chi connectivity index (χ1) is 11.5. The Bertz CT molecular complexity index is 682. The van der Waals surface area contributed by atoms with E-state index in [9.17, 15) is 14.9 Å². The summed E-state index contributed by atoms with van der Waals surface area (Å²) in [5.74, 6) is 0.158. The van der Waals surface area contributed by atoms with E-state index in [2.05, 4.69) is 19.1 Å². The Morgan fingerprint density at radius 3 is 2.29 bits per heavy atom. The molecule has 2 aromatic carbocycles. The molecule has 0 aliphatic heterocycles. The SMILES string of the molecule is C[C@@H](COC(=O)c1ccc([N+](=O)[O-])cc1)C[C@@H](C)c1ccccc1. The fraction of sp³-hybridized carbons (Fsp3) is 0.316. The summed E-state index contributed by atoms with van der Waals surface area (Å²) in [6, 6.07) is 15.7. The topological polar surface area (TPSA) is 69.4 Å². The fourth-order valence-electron chi connectivity index (χ4n) is 2.61. The van der Waals surface area contributed by atoms with Crippen LogP contribution in [-0.4, -0.2) is 17.5 Å². The molecule has 0 aliphatic rings. The molecule has 0 fully saturated rings. The van der Waals surface area contributed by atoms with Gasteiger partial charge in [0.1, 0.15) is 0 Å². The van der Waals surface area contributed by atoms with Gasteiger partial charge in [-0.1, -0.05) is 44.2 Å². The zero-order chi connectivity index (χ0) is 17.5. The highest BCUT2D eigenvalue weighted by Crippen LogP contribution is 2.23. The van der Waals surface area contributed by atoms with Crippen molar-refractivity contribution in [1.82, 2.24) is 0 Å². The Labute approximate surface area is 141 Å². The van der Waals surface area contributed by atoms with Gasteiger partial charge in [-0.3, -0.25) is 10.1 Å². The van der Waals surface area contributed by atoms with Gasteiger partial charge in [-0.25, -0.2) is 4.79 Å². The number of hydrogen-bond acceptors (Lipinski definition) is 4. The summed E-state index contributed by atoms with van der Waals surface area (Å²) in [4.78, 5) is 22.1. The smallest absolute Gasteiger partial charge is 0.338 e. The Kier molecular flexibility index (Phi) is 6.07.